The summed E-state index contributed by atoms with van der Waals surface area (Å²) in [6.07, 6.45) is 8.30. The molecule has 0 bridgehead atoms. The summed E-state index contributed by atoms with van der Waals surface area (Å²) < 4.78 is 5.59. The maximum atomic E-state index is 12.7. The van der Waals surface area contributed by atoms with Crippen LogP contribution in [0.5, 0.6) is 0 Å². The molecule has 3 heterocycles. The van der Waals surface area contributed by atoms with Crippen molar-refractivity contribution in [1.82, 2.24) is 20.4 Å². The average molecular weight is 388 g/mol. The summed E-state index contributed by atoms with van der Waals surface area (Å²) in [6, 6.07) is 3.28. The highest BCUT2D eigenvalue weighted by atomic mass is 16.3. The first-order valence-electron chi connectivity index (χ1n) is 10.3. The van der Waals surface area contributed by atoms with Crippen molar-refractivity contribution < 1.29 is 18.8 Å². The van der Waals surface area contributed by atoms with Crippen molar-refractivity contribution in [3.8, 4) is 0 Å². The minimum atomic E-state index is -0.776. The van der Waals surface area contributed by atoms with Crippen LogP contribution in [0.4, 0.5) is 4.79 Å². The van der Waals surface area contributed by atoms with Crippen molar-refractivity contribution >= 4 is 17.8 Å². The topological polar surface area (TPSA) is 94.9 Å². The van der Waals surface area contributed by atoms with Crippen LogP contribution in [0.1, 0.15) is 56.7 Å². The van der Waals surface area contributed by atoms with Gasteiger partial charge in [-0.1, -0.05) is 19.3 Å². The van der Waals surface area contributed by atoms with E-state index in [4.69, 9.17) is 4.42 Å². The molecule has 0 radical (unpaired) electrons. The van der Waals surface area contributed by atoms with Gasteiger partial charge in [0.25, 0.3) is 5.91 Å². The summed E-state index contributed by atoms with van der Waals surface area (Å²) in [7, 11) is 0. The molecule has 1 aliphatic carbocycles. The molecule has 1 spiro atoms. The second kappa shape index (κ2) is 7.95. The molecule has 3 aliphatic rings. The van der Waals surface area contributed by atoms with E-state index in [-0.39, 0.29) is 24.4 Å². The number of piperidine rings is 1. The highest BCUT2D eigenvalue weighted by Crippen LogP contribution is 2.34. The van der Waals surface area contributed by atoms with E-state index in [1.807, 2.05) is 12.1 Å². The van der Waals surface area contributed by atoms with Gasteiger partial charge in [-0.15, -0.1) is 0 Å². The van der Waals surface area contributed by atoms with Gasteiger partial charge in [0, 0.05) is 6.54 Å². The fourth-order valence-electron chi connectivity index (χ4n) is 4.67. The molecule has 1 aromatic heterocycles. The Morgan fingerprint density at radius 3 is 2.61 bits per heavy atom. The average Bonchev–Trinajstić information content (AvgIpc) is 3.43. The molecule has 152 valence electrons. The third-order valence-corrected chi connectivity index (χ3v) is 6.20. The van der Waals surface area contributed by atoms with E-state index in [0.717, 1.165) is 49.4 Å². The molecule has 3 fully saturated rings. The third-order valence-electron chi connectivity index (χ3n) is 6.20. The molecular formula is C20H28N4O4. The number of likely N-dealkylation sites (tertiary alicyclic amines) is 1. The molecule has 8 heteroatoms. The predicted octanol–water partition coefficient (Wildman–Crippen LogP) is 1.79. The third kappa shape index (κ3) is 3.65. The number of imide groups is 1. The lowest BCUT2D eigenvalue weighted by Gasteiger charge is -2.33. The fraction of sp³-hybridized carbons (Fsp3) is 0.650. The van der Waals surface area contributed by atoms with E-state index >= 15 is 0 Å². The Labute approximate surface area is 164 Å². The maximum Gasteiger partial charge on any atom is 0.325 e. The zero-order valence-corrected chi connectivity index (χ0v) is 16.1. The number of amides is 4. The van der Waals surface area contributed by atoms with Crippen molar-refractivity contribution in [2.75, 3.05) is 26.2 Å². The number of nitrogens with one attached hydrogen (secondary N) is 2. The molecule has 2 saturated heterocycles. The van der Waals surface area contributed by atoms with Gasteiger partial charge in [0.05, 0.1) is 12.3 Å². The first-order chi connectivity index (χ1) is 13.6. The van der Waals surface area contributed by atoms with Crippen LogP contribution in [0.2, 0.25) is 0 Å². The second-order valence-electron chi connectivity index (χ2n) is 8.04. The smallest absolute Gasteiger partial charge is 0.325 e. The van der Waals surface area contributed by atoms with Crippen molar-refractivity contribution in [3.63, 3.8) is 0 Å². The van der Waals surface area contributed by atoms with E-state index < -0.39 is 11.6 Å². The Morgan fingerprint density at radius 2 is 1.93 bits per heavy atom. The first kappa shape index (κ1) is 19.0. The van der Waals surface area contributed by atoms with Gasteiger partial charge in [0.2, 0.25) is 5.91 Å². The standard InChI is InChI=1S/C20H28N4O4/c25-17(14-24-18(26)20(22-19(24)27)8-2-3-9-20)21-13-15(16-7-6-12-28-16)23-10-4-1-5-11-23/h6-7,12,15H,1-5,8-11,13-14H2,(H,21,25)(H,22,27). The lowest BCUT2D eigenvalue weighted by Crippen LogP contribution is -2.46. The zero-order chi connectivity index (χ0) is 19.6. The highest BCUT2D eigenvalue weighted by Gasteiger charge is 2.52. The van der Waals surface area contributed by atoms with E-state index in [0.29, 0.717) is 19.4 Å². The molecular weight excluding hydrogens is 360 g/mol. The number of furan rings is 1. The maximum absolute atomic E-state index is 12.7. The summed E-state index contributed by atoms with van der Waals surface area (Å²) >= 11 is 0. The van der Waals surface area contributed by atoms with Crippen molar-refractivity contribution in [1.29, 1.82) is 0 Å². The minimum absolute atomic E-state index is 0.0384. The van der Waals surface area contributed by atoms with Gasteiger partial charge in [0.15, 0.2) is 0 Å². The summed E-state index contributed by atoms with van der Waals surface area (Å²) in [5.41, 5.74) is -0.776. The normalized spacial score (nSPS) is 23.2. The number of carbonyl (C=O) groups excluding carboxylic acids is 3. The molecule has 1 saturated carbocycles. The molecule has 8 nitrogen and oxygen atoms in total. The van der Waals surface area contributed by atoms with Crippen molar-refractivity contribution in [2.45, 2.75) is 56.5 Å². The van der Waals surface area contributed by atoms with Gasteiger partial charge in [-0.25, -0.2) is 4.79 Å². The lowest BCUT2D eigenvalue weighted by atomic mass is 9.98. The van der Waals surface area contributed by atoms with Gasteiger partial charge in [-0.2, -0.15) is 0 Å². The lowest BCUT2D eigenvalue weighted by molar-refractivity contribution is -0.134. The molecule has 0 aromatic carbocycles. The van der Waals surface area contributed by atoms with Crippen LogP contribution in [-0.2, 0) is 9.59 Å². The van der Waals surface area contributed by atoms with E-state index in [1.165, 1.54) is 6.42 Å². The van der Waals surface area contributed by atoms with Crippen LogP contribution in [0.15, 0.2) is 22.8 Å². The molecule has 1 unspecified atom stereocenters. The number of urea groups is 1. The van der Waals surface area contributed by atoms with Gasteiger partial charge >= 0.3 is 6.03 Å². The van der Waals surface area contributed by atoms with Gasteiger partial charge < -0.3 is 15.1 Å². The fourth-order valence-corrected chi connectivity index (χ4v) is 4.67. The van der Waals surface area contributed by atoms with Crippen molar-refractivity contribution in [3.05, 3.63) is 24.2 Å². The monoisotopic (exact) mass is 388 g/mol. The quantitative estimate of drug-likeness (QED) is 0.725. The summed E-state index contributed by atoms with van der Waals surface area (Å²) in [4.78, 5) is 40.8. The molecule has 4 amide bonds. The minimum Gasteiger partial charge on any atom is -0.468 e. The number of hydrogen-bond acceptors (Lipinski definition) is 5. The highest BCUT2D eigenvalue weighted by molar-refractivity contribution is 6.09. The van der Waals surface area contributed by atoms with Crippen LogP contribution in [0.3, 0.4) is 0 Å². The van der Waals surface area contributed by atoms with Crippen LogP contribution in [0, 0.1) is 0 Å². The van der Waals surface area contributed by atoms with Gasteiger partial charge in [0.1, 0.15) is 17.8 Å². The van der Waals surface area contributed by atoms with Crippen LogP contribution in [0.25, 0.3) is 0 Å². The SMILES string of the molecule is O=C(CN1C(=O)NC2(CCCC2)C1=O)NCC(c1ccco1)N1CCCCC1. The number of hydrogen-bond donors (Lipinski definition) is 2. The Morgan fingerprint density at radius 1 is 1.18 bits per heavy atom. The van der Waals surface area contributed by atoms with E-state index in [1.54, 1.807) is 6.26 Å². The number of carbonyl (C=O) groups is 3. The number of rotatable bonds is 6. The Balaban J connectivity index is 1.36. The van der Waals surface area contributed by atoms with E-state index in [2.05, 4.69) is 15.5 Å². The van der Waals surface area contributed by atoms with Crippen LogP contribution >= 0.6 is 0 Å². The van der Waals surface area contributed by atoms with Crippen LogP contribution in [-0.4, -0.2) is 59.4 Å². The van der Waals surface area contributed by atoms with E-state index in [9.17, 15) is 14.4 Å². The molecule has 2 N–H and O–H groups in total. The molecule has 1 aromatic rings. The zero-order valence-electron chi connectivity index (χ0n) is 16.1. The Kier molecular flexibility index (Phi) is 5.39. The first-order valence-corrected chi connectivity index (χ1v) is 10.3. The Hall–Kier alpha value is -2.35. The summed E-state index contributed by atoms with van der Waals surface area (Å²) in [5, 5.41) is 5.71. The summed E-state index contributed by atoms with van der Waals surface area (Å²) in [6.45, 7) is 2.09. The Bertz CT molecular complexity index is 721. The summed E-state index contributed by atoms with van der Waals surface area (Å²) in [5.74, 6) is 0.234. The van der Waals surface area contributed by atoms with Crippen LogP contribution < -0.4 is 10.6 Å². The second-order valence-corrected chi connectivity index (χ2v) is 8.04. The molecule has 28 heavy (non-hydrogen) atoms. The molecule has 1 atom stereocenters. The molecule has 4 rings (SSSR count). The van der Waals surface area contributed by atoms with Gasteiger partial charge in [-0.3, -0.25) is 19.4 Å². The van der Waals surface area contributed by atoms with Gasteiger partial charge in [-0.05, 0) is 50.9 Å². The van der Waals surface area contributed by atoms with Crippen molar-refractivity contribution in [2.24, 2.45) is 0 Å². The largest absolute Gasteiger partial charge is 0.468 e. The molecule has 2 aliphatic heterocycles. The predicted molar refractivity (Wildman–Crippen MR) is 101 cm³/mol. The number of nitrogens with zero attached hydrogens (tertiary/aromatic N) is 2.